The lowest BCUT2D eigenvalue weighted by atomic mass is 10.1. The number of fused-ring (bicyclic) bond motifs is 1. The van der Waals surface area contributed by atoms with Crippen molar-refractivity contribution in [3.63, 3.8) is 0 Å². The van der Waals surface area contributed by atoms with E-state index < -0.39 is 5.60 Å². The maximum atomic E-state index is 12.6. The molecule has 0 unspecified atom stereocenters. The average molecular weight is 359 g/mol. The van der Waals surface area contributed by atoms with Crippen LogP contribution in [0.5, 0.6) is 0 Å². The van der Waals surface area contributed by atoms with Gasteiger partial charge in [-0.1, -0.05) is 23.7 Å². The van der Waals surface area contributed by atoms with Gasteiger partial charge in [0.25, 0.3) is 0 Å². The van der Waals surface area contributed by atoms with Crippen molar-refractivity contribution in [2.45, 2.75) is 39.5 Å². The molecule has 1 aliphatic heterocycles. The fourth-order valence-corrected chi connectivity index (χ4v) is 2.83. The number of carbonyl (C=O) groups is 2. The van der Waals surface area contributed by atoms with Crippen molar-refractivity contribution in [1.29, 1.82) is 0 Å². The van der Waals surface area contributed by atoms with E-state index >= 15 is 0 Å². The molecule has 0 saturated heterocycles. The fourth-order valence-electron chi connectivity index (χ4n) is 2.64. The second kappa shape index (κ2) is 6.48. The number of hydrogen-bond donors (Lipinski definition) is 0. The molecule has 0 spiro atoms. The number of rotatable bonds is 2. The van der Waals surface area contributed by atoms with Gasteiger partial charge >= 0.3 is 6.09 Å². The van der Waals surface area contributed by atoms with Crippen LogP contribution >= 0.6 is 11.6 Å². The highest BCUT2D eigenvalue weighted by molar-refractivity contribution is 6.31. The highest BCUT2D eigenvalue weighted by atomic mass is 35.5. The largest absolute Gasteiger partial charge is 0.444 e. The molecular formula is C19H19ClN2O3. The van der Waals surface area contributed by atoms with Crippen LogP contribution in [0.2, 0.25) is 5.02 Å². The molecule has 1 aromatic heterocycles. The van der Waals surface area contributed by atoms with Gasteiger partial charge in [-0.25, -0.2) is 4.79 Å². The molecule has 0 atom stereocenters. The van der Waals surface area contributed by atoms with E-state index in [0.29, 0.717) is 29.4 Å². The molecule has 0 bridgehead atoms. The molecule has 0 saturated carbocycles. The molecule has 1 amide bonds. The highest BCUT2D eigenvalue weighted by Crippen LogP contribution is 2.25. The van der Waals surface area contributed by atoms with Gasteiger partial charge in [-0.3, -0.25) is 14.7 Å². The highest BCUT2D eigenvalue weighted by Gasteiger charge is 2.28. The van der Waals surface area contributed by atoms with Gasteiger partial charge in [0.05, 0.1) is 6.54 Å². The number of ether oxygens (including phenoxy) is 1. The van der Waals surface area contributed by atoms with Crippen LogP contribution in [0.3, 0.4) is 0 Å². The zero-order valence-electron chi connectivity index (χ0n) is 14.4. The van der Waals surface area contributed by atoms with Gasteiger partial charge in [-0.05, 0) is 50.1 Å². The van der Waals surface area contributed by atoms with E-state index in [0.717, 1.165) is 11.1 Å². The number of amides is 1. The smallest absolute Gasteiger partial charge is 0.410 e. The maximum Gasteiger partial charge on any atom is 0.410 e. The lowest BCUT2D eigenvalue weighted by Gasteiger charge is -2.24. The number of pyridine rings is 1. The van der Waals surface area contributed by atoms with E-state index in [-0.39, 0.29) is 11.9 Å². The lowest BCUT2D eigenvalue weighted by molar-refractivity contribution is 0.0241. The van der Waals surface area contributed by atoms with Crippen molar-refractivity contribution in [3.05, 3.63) is 63.9 Å². The van der Waals surface area contributed by atoms with Crippen LogP contribution in [0, 0.1) is 0 Å². The van der Waals surface area contributed by atoms with E-state index in [9.17, 15) is 9.59 Å². The molecule has 130 valence electrons. The Morgan fingerprint density at radius 3 is 2.56 bits per heavy atom. The molecule has 0 aliphatic carbocycles. The first kappa shape index (κ1) is 17.4. The number of benzene rings is 1. The van der Waals surface area contributed by atoms with Crippen molar-refractivity contribution < 1.29 is 14.3 Å². The average Bonchev–Trinajstić information content (AvgIpc) is 2.96. The van der Waals surface area contributed by atoms with E-state index in [1.165, 1.54) is 0 Å². The number of carbonyl (C=O) groups excluding carboxylic acids is 2. The molecule has 2 aromatic rings. The van der Waals surface area contributed by atoms with E-state index in [4.69, 9.17) is 16.3 Å². The Kier molecular flexibility index (Phi) is 4.52. The third kappa shape index (κ3) is 3.99. The van der Waals surface area contributed by atoms with Crippen molar-refractivity contribution in [2.75, 3.05) is 0 Å². The molecule has 6 heteroatoms. The molecule has 0 radical (unpaired) electrons. The van der Waals surface area contributed by atoms with Crippen LogP contribution in [-0.4, -0.2) is 27.4 Å². The normalized spacial score (nSPS) is 13.5. The first-order valence-corrected chi connectivity index (χ1v) is 8.37. The zero-order valence-corrected chi connectivity index (χ0v) is 15.1. The van der Waals surface area contributed by atoms with Crippen LogP contribution < -0.4 is 0 Å². The number of nitrogens with zero attached hydrogens (tertiary/aromatic N) is 2. The summed E-state index contributed by atoms with van der Waals surface area (Å²) < 4.78 is 5.40. The summed E-state index contributed by atoms with van der Waals surface area (Å²) in [4.78, 5) is 30.6. The standard InChI is InChI=1S/C19H19ClN2O3/c1-19(2,3)25-18(24)22-10-13-8-16(21-9-14(13)11-22)17(23)12-5-4-6-15(20)7-12/h4-9H,10-11H2,1-3H3. The Balaban J connectivity index is 1.78. The van der Waals surface area contributed by atoms with E-state index in [1.807, 2.05) is 20.8 Å². The topological polar surface area (TPSA) is 59.5 Å². The summed E-state index contributed by atoms with van der Waals surface area (Å²) in [5, 5.41) is 0.503. The van der Waals surface area contributed by atoms with Gasteiger partial charge in [0.15, 0.2) is 0 Å². The minimum atomic E-state index is -0.544. The number of halogens is 1. The maximum absolute atomic E-state index is 12.6. The van der Waals surface area contributed by atoms with Crippen molar-refractivity contribution in [3.8, 4) is 0 Å². The van der Waals surface area contributed by atoms with Gasteiger partial charge in [0.1, 0.15) is 11.3 Å². The number of aromatic nitrogens is 1. The van der Waals surface area contributed by atoms with E-state index in [1.54, 1.807) is 41.4 Å². The minimum Gasteiger partial charge on any atom is -0.444 e. The zero-order chi connectivity index (χ0) is 18.2. The summed E-state index contributed by atoms with van der Waals surface area (Å²) in [5.74, 6) is -0.194. The number of hydrogen-bond acceptors (Lipinski definition) is 4. The van der Waals surface area contributed by atoms with Crippen LogP contribution in [0.25, 0.3) is 0 Å². The summed E-state index contributed by atoms with van der Waals surface area (Å²) in [6, 6.07) is 8.51. The van der Waals surface area contributed by atoms with Gasteiger partial charge in [0, 0.05) is 23.3 Å². The Hall–Kier alpha value is -2.40. The van der Waals surface area contributed by atoms with Crippen molar-refractivity contribution in [2.24, 2.45) is 0 Å². The second-order valence-electron chi connectivity index (χ2n) is 7.01. The van der Waals surface area contributed by atoms with Crippen LogP contribution in [0.1, 0.15) is 48.0 Å². The van der Waals surface area contributed by atoms with Crippen LogP contribution in [0.15, 0.2) is 36.5 Å². The Bertz CT molecular complexity index is 843. The Labute approximate surface area is 151 Å². The summed E-state index contributed by atoms with van der Waals surface area (Å²) in [6.45, 7) is 6.33. The molecular weight excluding hydrogens is 340 g/mol. The molecule has 2 heterocycles. The SMILES string of the molecule is CC(C)(C)OC(=O)N1Cc2cnc(C(=O)c3cccc(Cl)c3)cc2C1. The minimum absolute atomic E-state index is 0.194. The van der Waals surface area contributed by atoms with Crippen molar-refractivity contribution in [1.82, 2.24) is 9.88 Å². The molecule has 0 N–H and O–H groups in total. The van der Waals surface area contributed by atoms with Crippen LogP contribution in [-0.2, 0) is 17.8 Å². The summed E-state index contributed by atoms with van der Waals surface area (Å²) >= 11 is 5.95. The number of ketones is 1. The monoisotopic (exact) mass is 358 g/mol. The van der Waals surface area contributed by atoms with Crippen LogP contribution in [0.4, 0.5) is 4.79 Å². The molecule has 1 aromatic carbocycles. The molecule has 3 rings (SSSR count). The summed E-state index contributed by atoms with van der Waals surface area (Å²) in [6.07, 6.45) is 1.28. The van der Waals surface area contributed by atoms with Gasteiger partial charge in [-0.15, -0.1) is 0 Å². The summed E-state index contributed by atoms with van der Waals surface area (Å²) in [5.41, 5.74) is 2.12. The Morgan fingerprint density at radius 1 is 1.16 bits per heavy atom. The van der Waals surface area contributed by atoms with Crippen molar-refractivity contribution >= 4 is 23.5 Å². The molecule has 0 fully saturated rings. The summed E-state index contributed by atoms with van der Waals surface area (Å²) in [7, 11) is 0. The Morgan fingerprint density at radius 2 is 1.88 bits per heavy atom. The predicted molar refractivity (Wildman–Crippen MR) is 94.6 cm³/mol. The third-order valence-electron chi connectivity index (χ3n) is 3.78. The van der Waals surface area contributed by atoms with Gasteiger partial charge in [-0.2, -0.15) is 0 Å². The fraction of sp³-hybridized carbons (Fsp3) is 0.316. The first-order valence-electron chi connectivity index (χ1n) is 7.99. The quantitative estimate of drug-likeness (QED) is 0.754. The van der Waals surface area contributed by atoms with Gasteiger partial charge in [0.2, 0.25) is 5.78 Å². The second-order valence-corrected chi connectivity index (χ2v) is 7.45. The third-order valence-corrected chi connectivity index (χ3v) is 4.01. The predicted octanol–water partition coefficient (Wildman–Crippen LogP) is 4.22. The molecule has 25 heavy (non-hydrogen) atoms. The molecule has 5 nitrogen and oxygen atoms in total. The van der Waals surface area contributed by atoms with Gasteiger partial charge < -0.3 is 4.74 Å². The molecule has 1 aliphatic rings. The first-order chi connectivity index (χ1) is 11.7. The van der Waals surface area contributed by atoms with E-state index in [2.05, 4.69) is 4.98 Å². The lowest BCUT2D eigenvalue weighted by Crippen LogP contribution is -2.33.